The molecule has 0 spiro atoms. The maximum absolute atomic E-state index is 10.8. The molecule has 4 nitrogen and oxygen atoms in total. The van der Waals surface area contributed by atoms with Crippen molar-refractivity contribution in [3.63, 3.8) is 0 Å². The van der Waals surface area contributed by atoms with Crippen LogP contribution in [0.4, 0.5) is 5.82 Å². The molecule has 0 aliphatic heterocycles. The summed E-state index contributed by atoms with van der Waals surface area (Å²) in [4.78, 5) is 17.2. The number of nitrogens with one attached hydrogen (secondary N) is 2. The molecule has 0 amide bonds. The summed E-state index contributed by atoms with van der Waals surface area (Å²) in [6, 6.07) is 1.44. The lowest BCUT2D eigenvalue weighted by molar-refractivity contribution is 1.02. The Morgan fingerprint density at radius 3 is 3.23 bits per heavy atom. The first-order chi connectivity index (χ1) is 6.33. The molecule has 0 aromatic carbocycles. The summed E-state index contributed by atoms with van der Waals surface area (Å²) in [6.45, 7) is 2.77. The van der Waals surface area contributed by atoms with Crippen molar-refractivity contribution in [2.45, 2.75) is 13.3 Å². The molecule has 0 aliphatic carbocycles. The Morgan fingerprint density at radius 1 is 1.69 bits per heavy atom. The smallest absolute Gasteiger partial charge is 0.252 e. The quantitative estimate of drug-likeness (QED) is 0.538. The third kappa shape index (κ3) is 3.55. The standard InChI is InChI=1S/C9H13N3O/c1-2-3-4-5-10-8-6-9(13)12-7-11-8/h2-3,6-7H,4-5H2,1H3,(H2,10,11,12,13)/b3-2+. The van der Waals surface area contributed by atoms with Gasteiger partial charge in [0.15, 0.2) is 0 Å². The highest BCUT2D eigenvalue weighted by molar-refractivity contribution is 5.31. The van der Waals surface area contributed by atoms with Crippen molar-refractivity contribution in [3.05, 3.63) is 34.9 Å². The lowest BCUT2D eigenvalue weighted by atomic mass is 10.4. The highest BCUT2D eigenvalue weighted by Crippen LogP contribution is 1.94. The van der Waals surface area contributed by atoms with E-state index in [9.17, 15) is 4.79 Å². The van der Waals surface area contributed by atoms with Gasteiger partial charge in [0.25, 0.3) is 5.56 Å². The molecule has 4 heteroatoms. The van der Waals surface area contributed by atoms with Gasteiger partial charge in [-0.2, -0.15) is 0 Å². The lowest BCUT2D eigenvalue weighted by Crippen LogP contribution is -2.09. The molecule has 1 heterocycles. The fraction of sp³-hybridized carbons (Fsp3) is 0.333. The van der Waals surface area contributed by atoms with E-state index >= 15 is 0 Å². The van der Waals surface area contributed by atoms with Crippen LogP contribution in [-0.2, 0) is 0 Å². The second kappa shape index (κ2) is 5.13. The van der Waals surface area contributed by atoms with Crippen LogP contribution in [-0.4, -0.2) is 16.5 Å². The second-order valence-electron chi connectivity index (χ2n) is 2.58. The Bertz CT molecular complexity index is 330. The fourth-order valence-electron chi connectivity index (χ4n) is 0.915. The topological polar surface area (TPSA) is 57.8 Å². The molecule has 0 unspecified atom stereocenters. The number of hydrogen-bond donors (Lipinski definition) is 2. The predicted octanol–water partition coefficient (Wildman–Crippen LogP) is 1.15. The van der Waals surface area contributed by atoms with Gasteiger partial charge in [-0.3, -0.25) is 4.79 Å². The number of aromatic nitrogens is 2. The number of H-pyrrole nitrogens is 1. The van der Waals surface area contributed by atoms with E-state index in [2.05, 4.69) is 21.4 Å². The first kappa shape index (κ1) is 9.51. The largest absolute Gasteiger partial charge is 0.370 e. The molecular formula is C9H13N3O. The van der Waals surface area contributed by atoms with E-state index in [1.54, 1.807) is 0 Å². The highest BCUT2D eigenvalue weighted by atomic mass is 16.1. The zero-order valence-electron chi connectivity index (χ0n) is 7.58. The van der Waals surface area contributed by atoms with Crippen LogP contribution in [0.2, 0.25) is 0 Å². The first-order valence-corrected chi connectivity index (χ1v) is 4.22. The minimum absolute atomic E-state index is 0.136. The van der Waals surface area contributed by atoms with Crippen LogP contribution in [0.1, 0.15) is 13.3 Å². The maximum Gasteiger partial charge on any atom is 0.252 e. The van der Waals surface area contributed by atoms with Gasteiger partial charge in [0.05, 0.1) is 6.33 Å². The van der Waals surface area contributed by atoms with Crippen LogP contribution < -0.4 is 10.9 Å². The van der Waals surface area contributed by atoms with Crippen molar-refractivity contribution >= 4 is 5.82 Å². The van der Waals surface area contributed by atoms with Gasteiger partial charge in [-0.15, -0.1) is 0 Å². The summed E-state index contributed by atoms with van der Waals surface area (Å²) in [5, 5.41) is 3.04. The van der Waals surface area contributed by atoms with Crippen LogP contribution in [0.25, 0.3) is 0 Å². The predicted molar refractivity (Wildman–Crippen MR) is 52.8 cm³/mol. The van der Waals surface area contributed by atoms with Gasteiger partial charge in [-0.05, 0) is 13.3 Å². The maximum atomic E-state index is 10.8. The number of allylic oxidation sites excluding steroid dienone is 1. The minimum Gasteiger partial charge on any atom is -0.370 e. The Hall–Kier alpha value is -1.58. The van der Waals surface area contributed by atoms with E-state index in [0.717, 1.165) is 13.0 Å². The monoisotopic (exact) mass is 179 g/mol. The summed E-state index contributed by atoms with van der Waals surface area (Å²) >= 11 is 0. The fourth-order valence-corrected chi connectivity index (χ4v) is 0.915. The van der Waals surface area contributed by atoms with Gasteiger partial charge < -0.3 is 10.3 Å². The molecule has 2 N–H and O–H groups in total. The summed E-state index contributed by atoms with van der Waals surface area (Å²) in [5.41, 5.74) is -0.136. The Labute approximate surface area is 76.7 Å². The van der Waals surface area contributed by atoms with Crippen LogP contribution in [0.5, 0.6) is 0 Å². The SMILES string of the molecule is C/C=C/CCNc1cc(=O)[nH]cn1. The van der Waals surface area contributed by atoms with Gasteiger partial charge in [0.1, 0.15) is 5.82 Å². The van der Waals surface area contributed by atoms with Crippen molar-refractivity contribution in [2.75, 3.05) is 11.9 Å². The molecule has 0 aliphatic rings. The van der Waals surface area contributed by atoms with E-state index in [-0.39, 0.29) is 5.56 Å². The highest BCUT2D eigenvalue weighted by Gasteiger charge is 1.91. The molecule has 0 radical (unpaired) electrons. The van der Waals surface area contributed by atoms with Crippen molar-refractivity contribution in [3.8, 4) is 0 Å². The third-order valence-corrected chi connectivity index (χ3v) is 1.53. The average molecular weight is 179 g/mol. The van der Waals surface area contributed by atoms with Gasteiger partial charge >= 0.3 is 0 Å². The zero-order valence-corrected chi connectivity index (χ0v) is 7.58. The number of hydrogen-bond acceptors (Lipinski definition) is 3. The number of aromatic amines is 1. The van der Waals surface area contributed by atoms with Crippen LogP contribution in [0, 0.1) is 0 Å². The van der Waals surface area contributed by atoms with Gasteiger partial charge in [0, 0.05) is 12.6 Å². The summed E-state index contributed by atoms with van der Waals surface area (Å²) in [7, 11) is 0. The molecule has 0 saturated heterocycles. The average Bonchev–Trinajstić information content (AvgIpc) is 2.13. The van der Waals surface area contributed by atoms with E-state index in [4.69, 9.17) is 0 Å². The normalized spacial score (nSPS) is 10.5. The van der Waals surface area contributed by atoms with Crippen LogP contribution >= 0.6 is 0 Å². The lowest BCUT2D eigenvalue weighted by Gasteiger charge is -2.00. The van der Waals surface area contributed by atoms with Crippen molar-refractivity contribution in [2.24, 2.45) is 0 Å². The molecule has 13 heavy (non-hydrogen) atoms. The zero-order chi connectivity index (χ0) is 9.52. The summed E-state index contributed by atoms with van der Waals surface area (Å²) in [5.74, 6) is 0.619. The number of rotatable bonds is 4. The van der Waals surface area contributed by atoms with Crippen LogP contribution in [0.15, 0.2) is 29.3 Å². The van der Waals surface area contributed by atoms with Gasteiger partial charge in [-0.1, -0.05) is 12.2 Å². The molecule has 0 atom stereocenters. The van der Waals surface area contributed by atoms with E-state index in [0.29, 0.717) is 5.82 Å². The molecule has 70 valence electrons. The molecule has 0 bridgehead atoms. The Kier molecular flexibility index (Phi) is 3.75. The number of anilines is 1. The Balaban J connectivity index is 2.41. The molecular weight excluding hydrogens is 166 g/mol. The molecule has 0 fully saturated rings. The van der Waals surface area contributed by atoms with E-state index in [1.165, 1.54) is 12.4 Å². The van der Waals surface area contributed by atoms with Crippen molar-refractivity contribution in [1.82, 2.24) is 9.97 Å². The molecule has 0 saturated carbocycles. The van der Waals surface area contributed by atoms with E-state index < -0.39 is 0 Å². The van der Waals surface area contributed by atoms with Crippen molar-refractivity contribution < 1.29 is 0 Å². The van der Waals surface area contributed by atoms with Gasteiger partial charge in [-0.25, -0.2) is 4.98 Å². The summed E-state index contributed by atoms with van der Waals surface area (Å²) in [6.07, 6.45) is 6.37. The first-order valence-electron chi connectivity index (χ1n) is 4.22. The Morgan fingerprint density at radius 2 is 2.54 bits per heavy atom. The molecule has 1 aromatic heterocycles. The molecule has 1 aromatic rings. The van der Waals surface area contributed by atoms with E-state index in [1.807, 2.05) is 13.0 Å². The van der Waals surface area contributed by atoms with Gasteiger partial charge in [0.2, 0.25) is 0 Å². The number of nitrogens with zero attached hydrogens (tertiary/aromatic N) is 1. The van der Waals surface area contributed by atoms with Crippen molar-refractivity contribution in [1.29, 1.82) is 0 Å². The third-order valence-electron chi connectivity index (χ3n) is 1.53. The second-order valence-corrected chi connectivity index (χ2v) is 2.58. The summed E-state index contributed by atoms with van der Waals surface area (Å²) < 4.78 is 0. The molecule has 1 rings (SSSR count). The minimum atomic E-state index is -0.136. The van der Waals surface area contributed by atoms with Crippen LogP contribution in [0.3, 0.4) is 0 Å².